The maximum Gasteiger partial charge on any atom is 0.0127 e. The van der Waals surface area contributed by atoms with Crippen molar-refractivity contribution in [1.29, 1.82) is 0 Å². The third-order valence-corrected chi connectivity index (χ3v) is 3.49. The van der Waals surface area contributed by atoms with Crippen LogP contribution in [0.25, 0.3) is 0 Å². The van der Waals surface area contributed by atoms with E-state index in [0.717, 1.165) is 12.0 Å². The van der Waals surface area contributed by atoms with Gasteiger partial charge in [-0.3, -0.25) is 0 Å². The molecule has 0 saturated heterocycles. The van der Waals surface area contributed by atoms with Crippen molar-refractivity contribution in [3.8, 4) is 0 Å². The molecule has 0 amide bonds. The van der Waals surface area contributed by atoms with Crippen molar-refractivity contribution >= 4 is 0 Å². The van der Waals surface area contributed by atoms with Gasteiger partial charge in [0, 0.05) is 11.6 Å². The summed E-state index contributed by atoms with van der Waals surface area (Å²) in [4.78, 5) is 0. The van der Waals surface area contributed by atoms with Crippen molar-refractivity contribution in [2.24, 2.45) is 5.92 Å². The number of hydrogen-bond acceptors (Lipinski definition) is 1. The van der Waals surface area contributed by atoms with Crippen LogP contribution in [0.3, 0.4) is 0 Å². The quantitative estimate of drug-likeness (QED) is 0.724. The Morgan fingerprint density at radius 1 is 1.14 bits per heavy atom. The van der Waals surface area contributed by atoms with Crippen LogP contribution in [0.1, 0.15) is 66.2 Å². The van der Waals surface area contributed by atoms with Crippen LogP contribution in [0.15, 0.2) is 0 Å². The minimum atomic E-state index is 0.347. The molecule has 1 fully saturated rings. The van der Waals surface area contributed by atoms with Crippen LogP contribution in [0.2, 0.25) is 0 Å². The van der Waals surface area contributed by atoms with Gasteiger partial charge < -0.3 is 5.32 Å². The highest BCUT2D eigenvalue weighted by molar-refractivity contribution is 4.84. The average molecular weight is 197 g/mol. The van der Waals surface area contributed by atoms with Crippen molar-refractivity contribution in [1.82, 2.24) is 5.32 Å². The van der Waals surface area contributed by atoms with Crippen molar-refractivity contribution < 1.29 is 0 Å². The van der Waals surface area contributed by atoms with Crippen molar-refractivity contribution in [3.63, 3.8) is 0 Å². The third kappa shape index (κ3) is 4.00. The predicted octanol–water partition coefficient (Wildman–Crippen LogP) is 3.73. The van der Waals surface area contributed by atoms with E-state index < -0.39 is 0 Å². The van der Waals surface area contributed by atoms with Crippen LogP contribution < -0.4 is 5.32 Å². The molecule has 0 aromatic rings. The summed E-state index contributed by atoms with van der Waals surface area (Å²) in [6, 6.07) is 0.785. The second-order valence-corrected chi connectivity index (χ2v) is 5.74. The van der Waals surface area contributed by atoms with Gasteiger partial charge in [-0.25, -0.2) is 0 Å². The number of hydrogen-bond donors (Lipinski definition) is 1. The van der Waals surface area contributed by atoms with E-state index in [1.54, 1.807) is 0 Å². The molecule has 0 atom stereocenters. The first kappa shape index (κ1) is 12.0. The first-order chi connectivity index (χ1) is 6.53. The van der Waals surface area contributed by atoms with Gasteiger partial charge in [0.15, 0.2) is 0 Å². The molecule has 1 rings (SSSR count). The maximum atomic E-state index is 3.82. The van der Waals surface area contributed by atoms with E-state index in [0.29, 0.717) is 5.54 Å². The van der Waals surface area contributed by atoms with Gasteiger partial charge in [-0.15, -0.1) is 0 Å². The summed E-state index contributed by atoms with van der Waals surface area (Å²) in [5, 5.41) is 3.82. The van der Waals surface area contributed by atoms with Gasteiger partial charge in [0.25, 0.3) is 0 Å². The Bertz CT molecular complexity index is 155. The molecular formula is C13H27N. The molecule has 0 heterocycles. The summed E-state index contributed by atoms with van der Waals surface area (Å²) in [7, 11) is 0. The van der Waals surface area contributed by atoms with Gasteiger partial charge in [0.05, 0.1) is 0 Å². The summed E-state index contributed by atoms with van der Waals surface area (Å²) in [6.45, 7) is 9.34. The van der Waals surface area contributed by atoms with Gasteiger partial charge in [-0.05, 0) is 51.9 Å². The number of rotatable bonds is 4. The molecule has 0 spiro atoms. The lowest BCUT2D eigenvalue weighted by Gasteiger charge is -2.35. The Hall–Kier alpha value is -0.0400. The fraction of sp³-hybridized carbons (Fsp3) is 1.00. The summed E-state index contributed by atoms with van der Waals surface area (Å²) in [5.41, 5.74) is 0.347. The van der Waals surface area contributed by atoms with E-state index in [-0.39, 0.29) is 0 Å². The fourth-order valence-electron chi connectivity index (χ4n) is 2.65. The smallest absolute Gasteiger partial charge is 0.0127 e. The molecule has 1 aliphatic rings. The van der Waals surface area contributed by atoms with Gasteiger partial charge >= 0.3 is 0 Å². The first-order valence-corrected chi connectivity index (χ1v) is 6.31. The van der Waals surface area contributed by atoms with Gasteiger partial charge in [0.2, 0.25) is 0 Å². The number of nitrogens with one attached hydrogen (secondary N) is 1. The molecule has 1 N–H and O–H groups in total. The SMILES string of the molecule is CCCC(C)(C)NC1CCC(C)CC1. The van der Waals surface area contributed by atoms with Crippen LogP contribution in [0.4, 0.5) is 0 Å². The molecule has 1 nitrogen and oxygen atoms in total. The van der Waals surface area contributed by atoms with Gasteiger partial charge in [-0.1, -0.05) is 20.3 Å². The van der Waals surface area contributed by atoms with Crippen molar-refractivity contribution in [2.75, 3.05) is 0 Å². The monoisotopic (exact) mass is 197 g/mol. The largest absolute Gasteiger partial charge is 0.309 e. The van der Waals surface area contributed by atoms with Gasteiger partial charge in [-0.2, -0.15) is 0 Å². The zero-order chi connectivity index (χ0) is 10.6. The lowest BCUT2D eigenvalue weighted by atomic mass is 9.85. The summed E-state index contributed by atoms with van der Waals surface area (Å²) in [6.07, 6.45) is 8.17. The molecule has 84 valence electrons. The highest BCUT2D eigenvalue weighted by Gasteiger charge is 2.24. The molecule has 0 radical (unpaired) electrons. The normalized spacial score (nSPS) is 29.1. The molecule has 0 aliphatic heterocycles. The summed E-state index contributed by atoms with van der Waals surface area (Å²) < 4.78 is 0. The van der Waals surface area contributed by atoms with E-state index in [1.165, 1.54) is 38.5 Å². The summed E-state index contributed by atoms with van der Waals surface area (Å²) >= 11 is 0. The molecule has 1 saturated carbocycles. The Labute approximate surface area is 89.7 Å². The Morgan fingerprint density at radius 2 is 1.71 bits per heavy atom. The van der Waals surface area contributed by atoms with Crippen LogP contribution in [0.5, 0.6) is 0 Å². The average Bonchev–Trinajstić information content (AvgIpc) is 2.08. The van der Waals surface area contributed by atoms with E-state index >= 15 is 0 Å². The molecule has 14 heavy (non-hydrogen) atoms. The Kier molecular flexibility index (Phi) is 4.43. The first-order valence-electron chi connectivity index (χ1n) is 6.31. The van der Waals surface area contributed by atoms with E-state index in [9.17, 15) is 0 Å². The molecule has 1 heteroatoms. The second kappa shape index (κ2) is 5.16. The highest BCUT2D eigenvalue weighted by Crippen LogP contribution is 2.25. The minimum Gasteiger partial charge on any atom is -0.309 e. The minimum absolute atomic E-state index is 0.347. The van der Waals surface area contributed by atoms with Crippen LogP contribution in [-0.2, 0) is 0 Å². The molecule has 0 unspecified atom stereocenters. The standard InChI is InChI=1S/C13H27N/c1-5-10-13(3,4)14-12-8-6-11(2)7-9-12/h11-12,14H,5-10H2,1-4H3. The van der Waals surface area contributed by atoms with Crippen LogP contribution >= 0.6 is 0 Å². The third-order valence-electron chi connectivity index (χ3n) is 3.49. The molecule has 0 aromatic heterocycles. The predicted molar refractivity (Wildman–Crippen MR) is 63.5 cm³/mol. The zero-order valence-corrected chi connectivity index (χ0v) is 10.4. The van der Waals surface area contributed by atoms with Crippen molar-refractivity contribution in [3.05, 3.63) is 0 Å². The van der Waals surface area contributed by atoms with Crippen LogP contribution in [-0.4, -0.2) is 11.6 Å². The lowest BCUT2D eigenvalue weighted by Crippen LogP contribution is -2.47. The van der Waals surface area contributed by atoms with E-state index in [4.69, 9.17) is 0 Å². The molecule has 0 aromatic carbocycles. The molecular weight excluding hydrogens is 170 g/mol. The van der Waals surface area contributed by atoms with Gasteiger partial charge in [0.1, 0.15) is 0 Å². The Balaban J connectivity index is 2.29. The van der Waals surface area contributed by atoms with Crippen LogP contribution in [0, 0.1) is 5.92 Å². The highest BCUT2D eigenvalue weighted by atomic mass is 15.0. The Morgan fingerprint density at radius 3 is 2.21 bits per heavy atom. The lowest BCUT2D eigenvalue weighted by molar-refractivity contribution is 0.239. The van der Waals surface area contributed by atoms with E-state index in [1.807, 2.05) is 0 Å². The molecule has 1 aliphatic carbocycles. The topological polar surface area (TPSA) is 12.0 Å². The fourth-order valence-corrected chi connectivity index (χ4v) is 2.65. The maximum absolute atomic E-state index is 3.82. The van der Waals surface area contributed by atoms with E-state index in [2.05, 4.69) is 33.0 Å². The zero-order valence-electron chi connectivity index (χ0n) is 10.4. The molecule has 0 bridgehead atoms. The summed E-state index contributed by atoms with van der Waals surface area (Å²) in [5.74, 6) is 0.960. The second-order valence-electron chi connectivity index (χ2n) is 5.74. The van der Waals surface area contributed by atoms with Crippen molar-refractivity contribution in [2.45, 2.75) is 77.8 Å².